The first kappa shape index (κ1) is 26.5. The minimum atomic E-state index is -2.47. The molecule has 15 heteroatoms. The molecule has 0 bridgehead atoms. The number of nitrogens with zero attached hydrogens (tertiary/aromatic N) is 4. The Hall–Kier alpha value is -3.53. The molecular weight excluding hydrogens is 514 g/mol. The van der Waals surface area contributed by atoms with Gasteiger partial charge in [0.1, 0.15) is 41.4 Å². The monoisotopic (exact) mass is 532 g/mol. The third-order valence-electron chi connectivity index (χ3n) is 5.93. The summed E-state index contributed by atoms with van der Waals surface area (Å²) in [5.74, 6) is -14.3. The quantitative estimate of drug-likeness (QED) is 0.259. The van der Waals surface area contributed by atoms with Crippen LogP contribution in [0.1, 0.15) is 16.4 Å². The van der Waals surface area contributed by atoms with Crippen molar-refractivity contribution in [3.63, 3.8) is 0 Å². The van der Waals surface area contributed by atoms with E-state index in [0.29, 0.717) is 4.90 Å². The number of aliphatic hydroxyl groups is 3. The van der Waals surface area contributed by atoms with Crippen molar-refractivity contribution in [2.24, 2.45) is 0 Å². The van der Waals surface area contributed by atoms with E-state index in [4.69, 9.17) is 4.74 Å². The van der Waals surface area contributed by atoms with Crippen molar-refractivity contribution in [2.75, 3.05) is 13.7 Å². The van der Waals surface area contributed by atoms with Gasteiger partial charge in [0.25, 0.3) is 5.91 Å². The van der Waals surface area contributed by atoms with Crippen LogP contribution in [0.4, 0.5) is 26.3 Å². The summed E-state index contributed by atoms with van der Waals surface area (Å²) < 4.78 is 89.0. The molecule has 3 N–H and O–H groups in total. The number of hydrogen-bond acceptors (Lipinski definition) is 7. The van der Waals surface area contributed by atoms with Crippen LogP contribution < -0.4 is 0 Å². The molecule has 2 aromatic carbocycles. The number of aliphatic hydroxyl groups excluding tert-OH is 3. The Kier molecular flexibility index (Phi) is 7.23. The molecule has 198 valence electrons. The van der Waals surface area contributed by atoms with E-state index in [1.807, 2.05) is 0 Å². The molecule has 37 heavy (non-hydrogen) atoms. The lowest BCUT2D eigenvalue weighted by atomic mass is 9.94. The number of ether oxygens (including phenoxy) is 1. The molecule has 1 aliphatic rings. The zero-order valence-corrected chi connectivity index (χ0v) is 18.7. The maximum atomic E-state index is 14.2. The minimum absolute atomic E-state index is 0.119. The Balaban J connectivity index is 1.69. The van der Waals surface area contributed by atoms with Gasteiger partial charge in [-0.3, -0.25) is 4.79 Å². The molecule has 1 fully saturated rings. The lowest BCUT2D eigenvalue weighted by Crippen LogP contribution is -2.61. The molecule has 1 aliphatic heterocycles. The summed E-state index contributed by atoms with van der Waals surface area (Å²) in [6, 6.07) is 3.75. The molecule has 0 aliphatic carbocycles. The lowest BCUT2D eigenvalue weighted by molar-refractivity contribution is -0.235. The van der Waals surface area contributed by atoms with Gasteiger partial charge in [-0.2, -0.15) is 0 Å². The third kappa shape index (κ3) is 4.54. The Bertz CT molecular complexity index is 1310. The first-order valence-corrected chi connectivity index (χ1v) is 10.6. The lowest BCUT2D eigenvalue weighted by Gasteiger charge is -2.45. The molecule has 0 spiro atoms. The molecule has 0 radical (unpaired) electrons. The van der Waals surface area contributed by atoms with Crippen molar-refractivity contribution < 1.29 is 51.2 Å². The van der Waals surface area contributed by atoms with Crippen LogP contribution in [-0.2, 0) is 4.74 Å². The van der Waals surface area contributed by atoms with E-state index in [9.17, 15) is 46.5 Å². The van der Waals surface area contributed by atoms with E-state index in [0.717, 1.165) is 17.8 Å². The predicted octanol–water partition coefficient (Wildman–Crippen LogP) is 1.53. The zero-order chi connectivity index (χ0) is 27.2. The Morgan fingerprint density at radius 1 is 1.03 bits per heavy atom. The summed E-state index contributed by atoms with van der Waals surface area (Å²) in [6.07, 6.45) is -5.73. The summed E-state index contributed by atoms with van der Waals surface area (Å²) in [5.41, 5.74) is -1.39. The van der Waals surface area contributed by atoms with Gasteiger partial charge >= 0.3 is 0 Å². The van der Waals surface area contributed by atoms with Crippen LogP contribution in [-0.4, -0.2) is 79.3 Å². The van der Waals surface area contributed by atoms with Crippen LogP contribution in [0.25, 0.3) is 11.3 Å². The van der Waals surface area contributed by atoms with E-state index in [1.165, 1.54) is 24.4 Å². The highest BCUT2D eigenvalue weighted by Crippen LogP contribution is 2.33. The molecule has 3 unspecified atom stereocenters. The van der Waals surface area contributed by atoms with Crippen LogP contribution in [0, 0.1) is 34.9 Å². The summed E-state index contributed by atoms with van der Waals surface area (Å²) in [4.78, 5) is 13.1. The number of carbonyl (C=O) groups excluding carboxylic acids is 1. The van der Waals surface area contributed by atoms with Crippen LogP contribution >= 0.6 is 0 Å². The third-order valence-corrected chi connectivity index (χ3v) is 5.93. The molecule has 0 saturated carbocycles. The number of aromatic nitrogens is 3. The van der Waals surface area contributed by atoms with Crippen molar-refractivity contribution in [3.8, 4) is 11.3 Å². The van der Waals surface area contributed by atoms with Gasteiger partial charge in [0, 0.05) is 12.6 Å². The first-order chi connectivity index (χ1) is 17.5. The number of amides is 1. The van der Waals surface area contributed by atoms with E-state index >= 15 is 0 Å². The number of hydrogen-bond donors (Lipinski definition) is 3. The second-order valence-corrected chi connectivity index (χ2v) is 8.17. The van der Waals surface area contributed by atoms with Gasteiger partial charge in [-0.05, 0) is 12.1 Å². The van der Waals surface area contributed by atoms with Gasteiger partial charge in [-0.15, -0.1) is 5.10 Å². The molecule has 5 atom stereocenters. The van der Waals surface area contributed by atoms with Crippen molar-refractivity contribution in [2.45, 2.75) is 30.6 Å². The maximum absolute atomic E-state index is 14.2. The van der Waals surface area contributed by atoms with Gasteiger partial charge in [0.15, 0.2) is 29.5 Å². The molecule has 4 rings (SSSR count). The Morgan fingerprint density at radius 2 is 1.65 bits per heavy atom. The van der Waals surface area contributed by atoms with Gasteiger partial charge in [-0.25, -0.2) is 31.0 Å². The van der Waals surface area contributed by atoms with Gasteiger partial charge < -0.3 is 25.0 Å². The Morgan fingerprint density at radius 3 is 2.24 bits per heavy atom. The van der Waals surface area contributed by atoms with Crippen LogP contribution in [0.5, 0.6) is 0 Å². The summed E-state index contributed by atoms with van der Waals surface area (Å²) in [7, 11) is 0.844. The predicted molar refractivity (Wildman–Crippen MR) is 111 cm³/mol. The summed E-state index contributed by atoms with van der Waals surface area (Å²) >= 11 is 0. The second-order valence-electron chi connectivity index (χ2n) is 8.17. The standard InChI is InChI=1S/C22H18F6N4O5/c1-31(21(36)12-13(24)15(26)17(28)16(27)14(12)25)22-20(35)18(19(34)11(7-33)37-22)32-6-10(29-30-32)8-3-2-4-9(23)5-8/h2-6,11,18-20,22,33-35H,7H2,1H3/t11?,18?,19-,20?,22+/m0/s1. The van der Waals surface area contributed by atoms with Crippen molar-refractivity contribution in [1.29, 1.82) is 0 Å². The van der Waals surface area contributed by atoms with Crippen LogP contribution in [0.15, 0.2) is 30.5 Å². The van der Waals surface area contributed by atoms with Crippen LogP contribution in [0.3, 0.4) is 0 Å². The van der Waals surface area contributed by atoms with E-state index in [2.05, 4.69) is 10.3 Å². The maximum Gasteiger partial charge on any atom is 0.261 e. The van der Waals surface area contributed by atoms with Gasteiger partial charge in [0.05, 0.1) is 12.8 Å². The molecular formula is C22H18F6N4O5. The molecule has 2 heterocycles. The smallest absolute Gasteiger partial charge is 0.261 e. The minimum Gasteiger partial charge on any atom is -0.394 e. The fourth-order valence-corrected chi connectivity index (χ4v) is 4.00. The summed E-state index contributed by atoms with van der Waals surface area (Å²) in [6.45, 7) is -0.864. The molecule has 1 aromatic heterocycles. The van der Waals surface area contributed by atoms with Gasteiger partial charge in [-0.1, -0.05) is 17.3 Å². The summed E-state index contributed by atoms with van der Waals surface area (Å²) in [5, 5.41) is 38.9. The van der Waals surface area contributed by atoms with Crippen molar-refractivity contribution in [3.05, 3.63) is 70.9 Å². The molecule has 9 nitrogen and oxygen atoms in total. The number of rotatable bonds is 5. The topological polar surface area (TPSA) is 121 Å². The van der Waals surface area contributed by atoms with Crippen LogP contribution in [0.2, 0.25) is 0 Å². The highest BCUT2D eigenvalue weighted by atomic mass is 19.2. The van der Waals surface area contributed by atoms with Gasteiger partial charge in [0.2, 0.25) is 5.82 Å². The van der Waals surface area contributed by atoms with E-state index < -0.39 is 83.6 Å². The normalized spacial score (nSPS) is 23.8. The van der Waals surface area contributed by atoms with Crippen molar-refractivity contribution >= 4 is 5.91 Å². The molecule has 1 amide bonds. The fraction of sp³-hybridized carbons (Fsp3) is 0.318. The zero-order valence-electron chi connectivity index (χ0n) is 18.7. The fourth-order valence-electron chi connectivity index (χ4n) is 4.00. The number of benzene rings is 2. The number of carbonyl (C=O) groups is 1. The molecule has 3 aromatic rings. The largest absolute Gasteiger partial charge is 0.394 e. The van der Waals surface area contributed by atoms with E-state index in [-0.39, 0.29) is 11.3 Å². The second kappa shape index (κ2) is 10.1. The molecule has 1 saturated heterocycles. The Labute approximate surface area is 204 Å². The highest BCUT2D eigenvalue weighted by molar-refractivity contribution is 5.95. The average Bonchev–Trinajstić information content (AvgIpc) is 3.36. The first-order valence-electron chi connectivity index (χ1n) is 10.6. The van der Waals surface area contributed by atoms with E-state index in [1.54, 1.807) is 0 Å². The average molecular weight is 532 g/mol. The number of halogens is 6. The highest BCUT2D eigenvalue weighted by Gasteiger charge is 2.49. The van der Waals surface area contributed by atoms with Crippen molar-refractivity contribution in [1.82, 2.24) is 19.9 Å². The number of likely N-dealkylation sites (N-methyl/N-ethyl adjacent to an activating group) is 1. The SMILES string of the molecule is CN(C(=O)c1c(F)c(F)c(F)c(F)c1F)[C@@H]1OC(CO)[C@H](O)C(n2cc(-c3cccc(F)c3)nn2)C1O.